The second-order valence-electron chi connectivity index (χ2n) is 18.3. The Labute approximate surface area is 299 Å². The first-order chi connectivity index (χ1) is 23.1. The van der Waals surface area contributed by atoms with E-state index in [1.807, 2.05) is 0 Å². The van der Waals surface area contributed by atoms with Crippen LogP contribution >= 0.6 is 0 Å². The number of fused-ring (bicyclic) bond motifs is 5. The molecule has 48 heavy (non-hydrogen) atoms. The Bertz CT molecular complexity index is 932. The third-order valence-corrected chi connectivity index (χ3v) is 14.3. The molecule has 4 heteroatoms. The quantitative estimate of drug-likeness (QED) is 0.0799. The largest absolute Gasteiger partial charge is 0.380 e. The van der Waals surface area contributed by atoms with Crippen LogP contribution in [0.2, 0.25) is 0 Å². The Morgan fingerprint density at radius 2 is 1.46 bits per heavy atom. The van der Waals surface area contributed by atoms with Gasteiger partial charge in [0.1, 0.15) is 0 Å². The number of allylic oxidation sites excluding steroid dienone is 1. The fourth-order valence-corrected chi connectivity index (χ4v) is 11.1. The van der Waals surface area contributed by atoms with Crippen LogP contribution in [0.5, 0.6) is 0 Å². The molecule has 4 aliphatic rings. The van der Waals surface area contributed by atoms with Crippen molar-refractivity contribution in [2.75, 3.05) is 47.1 Å². The van der Waals surface area contributed by atoms with E-state index in [1.165, 1.54) is 116 Å². The van der Waals surface area contributed by atoms with Crippen LogP contribution in [0.15, 0.2) is 11.6 Å². The van der Waals surface area contributed by atoms with Crippen LogP contribution in [-0.4, -0.2) is 64.2 Å². The molecule has 0 bridgehead atoms. The average molecular weight is 672 g/mol. The predicted molar refractivity (Wildman–Crippen MR) is 205 cm³/mol. The van der Waals surface area contributed by atoms with E-state index >= 15 is 0 Å². The van der Waals surface area contributed by atoms with Gasteiger partial charge in [0.05, 0.1) is 25.4 Å². The molecule has 4 nitrogen and oxygen atoms in total. The highest BCUT2D eigenvalue weighted by molar-refractivity contribution is 5.25. The summed E-state index contributed by atoms with van der Waals surface area (Å²) in [4.78, 5) is 2.23. The lowest BCUT2D eigenvalue weighted by Crippen LogP contribution is -2.51. The summed E-state index contributed by atoms with van der Waals surface area (Å²) >= 11 is 0. The molecule has 0 aromatic rings. The maximum atomic E-state index is 6.55. The van der Waals surface area contributed by atoms with Crippen LogP contribution < -0.4 is 0 Å². The van der Waals surface area contributed by atoms with Gasteiger partial charge in [-0.05, 0) is 131 Å². The molecule has 0 saturated heterocycles. The smallest absolute Gasteiger partial charge is 0.0644 e. The van der Waals surface area contributed by atoms with E-state index in [1.54, 1.807) is 5.57 Å². The molecular formula is C44H81NO3. The van der Waals surface area contributed by atoms with E-state index in [9.17, 15) is 0 Å². The topological polar surface area (TPSA) is 30.9 Å². The van der Waals surface area contributed by atoms with E-state index in [0.717, 1.165) is 75.0 Å². The van der Waals surface area contributed by atoms with Crippen LogP contribution in [0.3, 0.4) is 0 Å². The van der Waals surface area contributed by atoms with Crippen LogP contribution in [0.4, 0.5) is 0 Å². The van der Waals surface area contributed by atoms with Gasteiger partial charge in [0, 0.05) is 19.8 Å². The molecule has 3 fully saturated rings. The Morgan fingerprint density at radius 1 is 0.771 bits per heavy atom. The zero-order valence-electron chi connectivity index (χ0n) is 33.3. The lowest BCUT2D eigenvalue weighted by atomic mass is 9.47. The van der Waals surface area contributed by atoms with Crippen LogP contribution in [0, 0.1) is 46.3 Å². The van der Waals surface area contributed by atoms with Crippen molar-refractivity contribution in [2.45, 2.75) is 176 Å². The first-order valence-corrected chi connectivity index (χ1v) is 21.2. The van der Waals surface area contributed by atoms with E-state index < -0.39 is 0 Å². The Balaban J connectivity index is 1.09. The fourth-order valence-electron chi connectivity index (χ4n) is 11.1. The van der Waals surface area contributed by atoms with Gasteiger partial charge in [0.2, 0.25) is 0 Å². The molecule has 4 rings (SSSR count). The minimum Gasteiger partial charge on any atom is -0.380 e. The number of ether oxygens (including phenoxy) is 3. The van der Waals surface area contributed by atoms with Gasteiger partial charge >= 0.3 is 0 Å². The first-order valence-electron chi connectivity index (χ1n) is 21.2. The van der Waals surface area contributed by atoms with Crippen LogP contribution in [-0.2, 0) is 14.2 Å². The molecule has 1 unspecified atom stereocenters. The number of hydrogen-bond acceptors (Lipinski definition) is 4. The highest BCUT2D eigenvalue weighted by Crippen LogP contribution is 2.67. The van der Waals surface area contributed by atoms with Gasteiger partial charge in [0.25, 0.3) is 0 Å². The summed E-state index contributed by atoms with van der Waals surface area (Å²) in [6, 6.07) is 0.354. The second kappa shape index (κ2) is 20.0. The Kier molecular flexibility index (Phi) is 16.8. The molecule has 0 amide bonds. The van der Waals surface area contributed by atoms with Gasteiger partial charge in [-0.15, -0.1) is 0 Å². The SMILES string of the molecule is CCCCOC[C@H](COCCCCCCCCOC1CC[C@@]2(C)C(=CC[C@H]3[C@@H]4CC[C@H]([C@H](C)CCCC(C)C)[C@@]4(C)CC[C@@H]32)C1)N(C)C. The Morgan fingerprint density at radius 3 is 2.15 bits per heavy atom. The summed E-state index contributed by atoms with van der Waals surface area (Å²) in [6.07, 6.45) is 28.6. The monoisotopic (exact) mass is 672 g/mol. The molecule has 0 N–H and O–H groups in total. The van der Waals surface area contributed by atoms with Crippen molar-refractivity contribution in [3.8, 4) is 0 Å². The van der Waals surface area contributed by atoms with Crippen LogP contribution in [0.25, 0.3) is 0 Å². The van der Waals surface area contributed by atoms with E-state index in [-0.39, 0.29) is 0 Å². The predicted octanol–water partition coefficient (Wildman–Crippen LogP) is 11.5. The number of unbranched alkanes of at least 4 members (excludes halogenated alkanes) is 6. The van der Waals surface area contributed by atoms with E-state index in [4.69, 9.17) is 14.2 Å². The van der Waals surface area contributed by atoms with Gasteiger partial charge in [-0.1, -0.05) is 105 Å². The molecule has 9 atom stereocenters. The minimum atomic E-state index is 0.354. The van der Waals surface area contributed by atoms with Crippen molar-refractivity contribution in [3.63, 3.8) is 0 Å². The molecule has 0 heterocycles. The number of rotatable bonds is 23. The third-order valence-electron chi connectivity index (χ3n) is 14.3. The summed E-state index contributed by atoms with van der Waals surface area (Å²) in [5.74, 6) is 5.51. The van der Waals surface area contributed by atoms with Gasteiger partial charge < -0.3 is 19.1 Å². The number of hydrogen-bond donors (Lipinski definition) is 0. The molecule has 0 aromatic heterocycles. The molecule has 3 saturated carbocycles. The van der Waals surface area contributed by atoms with Gasteiger partial charge in [-0.2, -0.15) is 0 Å². The summed E-state index contributed by atoms with van der Waals surface area (Å²) in [7, 11) is 4.25. The lowest BCUT2D eigenvalue weighted by Gasteiger charge is -2.58. The van der Waals surface area contributed by atoms with Crippen LogP contribution in [0.1, 0.15) is 164 Å². The molecular weight excluding hydrogens is 590 g/mol. The highest BCUT2D eigenvalue weighted by Gasteiger charge is 2.59. The second-order valence-corrected chi connectivity index (χ2v) is 18.3. The normalized spacial score (nSPS) is 33.0. The number of likely N-dealkylation sites (N-methyl/N-ethyl adjacent to an activating group) is 1. The van der Waals surface area contributed by atoms with Crippen molar-refractivity contribution in [1.29, 1.82) is 0 Å². The maximum absolute atomic E-state index is 6.55. The standard InChI is InChI=1S/C44H81NO3/c1-9-10-28-46-32-37(45(7)8)33-47-29-15-13-11-12-14-16-30-48-38-24-26-43(5)36(31-38)20-21-39-41-23-22-40(35(4)19-17-18-34(2)3)44(41,6)27-25-42(39)43/h20,34-35,37-42H,9-19,21-33H2,1-8H3/t35-,37-,38?,39+,40-,41+,42+,43+,44-/m1/s1. The van der Waals surface area contributed by atoms with Crippen molar-refractivity contribution >= 4 is 0 Å². The number of nitrogens with zero attached hydrogens (tertiary/aromatic N) is 1. The first kappa shape index (κ1) is 40.4. The van der Waals surface area contributed by atoms with Crippen molar-refractivity contribution < 1.29 is 14.2 Å². The Hall–Kier alpha value is -0.420. The third kappa shape index (κ3) is 10.8. The van der Waals surface area contributed by atoms with E-state index in [0.29, 0.717) is 23.0 Å². The molecule has 4 aliphatic carbocycles. The zero-order chi connectivity index (χ0) is 34.6. The average Bonchev–Trinajstić information content (AvgIpc) is 3.41. The molecule has 0 aromatic carbocycles. The summed E-state index contributed by atoms with van der Waals surface area (Å²) < 4.78 is 18.4. The molecule has 0 aliphatic heterocycles. The molecule has 0 radical (unpaired) electrons. The molecule has 280 valence electrons. The fraction of sp³-hybridized carbons (Fsp3) is 0.955. The maximum Gasteiger partial charge on any atom is 0.0644 e. The zero-order valence-corrected chi connectivity index (χ0v) is 33.3. The summed E-state index contributed by atoms with van der Waals surface area (Å²) in [5.41, 5.74) is 2.81. The summed E-state index contributed by atoms with van der Waals surface area (Å²) in [6.45, 7) is 19.2. The molecule has 0 spiro atoms. The highest BCUT2D eigenvalue weighted by atomic mass is 16.5. The lowest BCUT2D eigenvalue weighted by molar-refractivity contribution is -0.0641. The van der Waals surface area contributed by atoms with Crippen molar-refractivity contribution in [3.05, 3.63) is 11.6 Å². The van der Waals surface area contributed by atoms with Crippen molar-refractivity contribution in [2.24, 2.45) is 46.3 Å². The minimum absolute atomic E-state index is 0.354. The summed E-state index contributed by atoms with van der Waals surface area (Å²) in [5, 5.41) is 0. The van der Waals surface area contributed by atoms with Crippen molar-refractivity contribution in [1.82, 2.24) is 4.90 Å². The van der Waals surface area contributed by atoms with Gasteiger partial charge in [-0.25, -0.2) is 0 Å². The van der Waals surface area contributed by atoms with Gasteiger partial charge in [-0.3, -0.25) is 0 Å². The van der Waals surface area contributed by atoms with E-state index in [2.05, 4.69) is 66.6 Å². The van der Waals surface area contributed by atoms with Gasteiger partial charge in [0.15, 0.2) is 0 Å².